The van der Waals surface area contributed by atoms with E-state index in [9.17, 15) is 9.18 Å². The number of benzene rings is 1. The van der Waals surface area contributed by atoms with Gasteiger partial charge in [-0.3, -0.25) is 4.79 Å². The van der Waals surface area contributed by atoms with Crippen LogP contribution in [0.1, 0.15) is 13.3 Å². The Morgan fingerprint density at radius 1 is 1.57 bits per heavy atom. The second-order valence-corrected chi connectivity index (χ2v) is 3.14. The zero-order valence-corrected chi connectivity index (χ0v) is 8.47. The Kier molecular flexibility index (Phi) is 3.89. The van der Waals surface area contributed by atoms with Crippen LogP contribution in [0.4, 0.5) is 4.39 Å². The van der Waals surface area contributed by atoms with E-state index in [1.54, 1.807) is 6.92 Å². The lowest BCUT2D eigenvalue weighted by Crippen LogP contribution is -2.10. The van der Waals surface area contributed by atoms with Gasteiger partial charge in [-0.25, -0.2) is 4.39 Å². The highest BCUT2D eigenvalue weighted by Crippen LogP contribution is 2.26. The molecule has 0 bridgehead atoms. The summed E-state index contributed by atoms with van der Waals surface area (Å²) in [6.07, 6.45) is 0.367. The summed E-state index contributed by atoms with van der Waals surface area (Å²) in [5.41, 5.74) is 0. The van der Waals surface area contributed by atoms with Crippen LogP contribution in [0.15, 0.2) is 18.2 Å². The van der Waals surface area contributed by atoms with E-state index in [1.807, 2.05) is 0 Å². The molecule has 0 unspecified atom stereocenters. The number of ether oxygens (including phenoxy) is 1. The first-order valence-electron chi connectivity index (χ1n) is 4.23. The molecule has 0 aromatic heterocycles. The summed E-state index contributed by atoms with van der Waals surface area (Å²) < 4.78 is 18.0. The minimum Gasteiger partial charge on any atom is -0.481 e. The summed E-state index contributed by atoms with van der Waals surface area (Å²) in [4.78, 5) is 10.9. The molecule has 4 heteroatoms. The molecule has 1 aromatic rings. The lowest BCUT2D eigenvalue weighted by molar-refractivity contribution is -0.120. The monoisotopic (exact) mass is 216 g/mol. The second-order valence-electron chi connectivity index (χ2n) is 2.73. The number of para-hydroxylation sites is 1. The number of halogens is 2. The molecule has 0 aliphatic heterocycles. The predicted molar refractivity (Wildman–Crippen MR) is 52.2 cm³/mol. The number of hydrogen-bond donors (Lipinski definition) is 0. The molecule has 0 N–H and O–H groups in total. The van der Waals surface area contributed by atoms with Crippen LogP contribution in [0.3, 0.4) is 0 Å². The molecule has 0 radical (unpaired) electrons. The van der Waals surface area contributed by atoms with Crippen molar-refractivity contribution < 1.29 is 13.9 Å². The maximum Gasteiger partial charge on any atom is 0.174 e. The molecule has 1 aromatic carbocycles. The van der Waals surface area contributed by atoms with E-state index in [4.69, 9.17) is 16.3 Å². The number of rotatable bonds is 4. The van der Waals surface area contributed by atoms with Gasteiger partial charge in [0.25, 0.3) is 0 Å². The van der Waals surface area contributed by atoms with E-state index < -0.39 is 5.82 Å². The van der Waals surface area contributed by atoms with Gasteiger partial charge < -0.3 is 4.74 Å². The molecular formula is C10H10ClFO2. The molecule has 0 aliphatic rings. The molecule has 14 heavy (non-hydrogen) atoms. The van der Waals surface area contributed by atoms with Crippen molar-refractivity contribution in [1.82, 2.24) is 0 Å². The molecule has 0 aliphatic carbocycles. The van der Waals surface area contributed by atoms with Gasteiger partial charge in [0.05, 0.1) is 5.02 Å². The van der Waals surface area contributed by atoms with E-state index in [0.29, 0.717) is 6.42 Å². The van der Waals surface area contributed by atoms with Crippen LogP contribution in [-0.4, -0.2) is 12.4 Å². The van der Waals surface area contributed by atoms with E-state index in [0.717, 1.165) is 0 Å². The topological polar surface area (TPSA) is 26.3 Å². The summed E-state index contributed by atoms with van der Waals surface area (Å²) in [7, 11) is 0. The SMILES string of the molecule is CCC(=O)COc1c(F)cccc1Cl. The van der Waals surface area contributed by atoms with Gasteiger partial charge in [0.15, 0.2) is 17.3 Å². The minimum absolute atomic E-state index is 0.0593. The third-order valence-electron chi connectivity index (χ3n) is 1.69. The maximum atomic E-state index is 13.1. The third-order valence-corrected chi connectivity index (χ3v) is 1.99. The third kappa shape index (κ3) is 2.70. The fraction of sp³-hybridized carbons (Fsp3) is 0.300. The Bertz CT molecular complexity index is 319. The summed E-state index contributed by atoms with van der Waals surface area (Å²) >= 11 is 5.68. The molecule has 0 saturated heterocycles. The summed E-state index contributed by atoms with van der Waals surface area (Å²) in [5, 5.41) is 0.175. The van der Waals surface area contributed by atoms with Gasteiger partial charge in [-0.1, -0.05) is 24.6 Å². The largest absolute Gasteiger partial charge is 0.481 e. The van der Waals surface area contributed by atoms with Crippen LogP contribution in [0.2, 0.25) is 5.02 Å². The van der Waals surface area contributed by atoms with Crippen LogP contribution in [-0.2, 0) is 4.79 Å². The van der Waals surface area contributed by atoms with Crippen LogP contribution in [0.5, 0.6) is 5.75 Å². The highest BCUT2D eigenvalue weighted by molar-refractivity contribution is 6.32. The molecule has 0 saturated carbocycles. The highest BCUT2D eigenvalue weighted by atomic mass is 35.5. The highest BCUT2D eigenvalue weighted by Gasteiger charge is 2.09. The molecule has 76 valence electrons. The quantitative estimate of drug-likeness (QED) is 0.774. The molecule has 0 amide bonds. The standard InChI is InChI=1S/C10H10ClFO2/c1-2-7(13)6-14-10-8(11)4-3-5-9(10)12/h3-5H,2,6H2,1H3. The van der Waals surface area contributed by atoms with Crippen LogP contribution in [0, 0.1) is 5.82 Å². The minimum atomic E-state index is -0.554. The smallest absolute Gasteiger partial charge is 0.174 e. The van der Waals surface area contributed by atoms with E-state index in [2.05, 4.69) is 0 Å². The number of ketones is 1. The number of hydrogen-bond acceptors (Lipinski definition) is 2. The Morgan fingerprint density at radius 3 is 2.86 bits per heavy atom. The maximum absolute atomic E-state index is 13.1. The number of carbonyl (C=O) groups excluding carboxylic acids is 1. The average molecular weight is 217 g/mol. The lowest BCUT2D eigenvalue weighted by Gasteiger charge is -2.06. The molecule has 0 heterocycles. The number of Topliss-reactive ketones (excluding diaryl/α,β-unsaturated/α-hetero) is 1. The van der Waals surface area contributed by atoms with E-state index in [1.165, 1.54) is 18.2 Å². The number of carbonyl (C=O) groups is 1. The van der Waals surface area contributed by atoms with Crippen molar-refractivity contribution in [2.45, 2.75) is 13.3 Å². The predicted octanol–water partition coefficient (Wildman–Crippen LogP) is 2.84. The fourth-order valence-corrected chi connectivity index (χ4v) is 1.09. The van der Waals surface area contributed by atoms with E-state index >= 15 is 0 Å². The summed E-state index contributed by atoms with van der Waals surface area (Å²) in [6.45, 7) is 1.58. The van der Waals surface area contributed by atoms with Crippen molar-refractivity contribution in [2.24, 2.45) is 0 Å². The van der Waals surface area contributed by atoms with Crippen LogP contribution in [0.25, 0.3) is 0 Å². The van der Waals surface area contributed by atoms with Gasteiger partial charge in [-0.2, -0.15) is 0 Å². The van der Waals surface area contributed by atoms with Gasteiger partial charge in [0.1, 0.15) is 6.61 Å². The van der Waals surface area contributed by atoms with Gasteiger partial charge >= 0.3 is 0 Å². The zero-order chi connectivity index (χ0) is 10.6. The Hall–Kier alpha value is -1.09. The Balaban J connectivity index is 2.71. The Labute approximate surface area is 86.6 Å². The van der Waals surface area contributed by atoms with Crippen molar-refractivity contribution in [3.63, 3.8) is 0 Å². The first-order valence-corrected chi connectivity index (χ1v) is 4.61. The summed E-state index contributed by atoms with van der Waals surface area (Å²) in [6, 6.07) is 4.22. The molecule has 0 fully saturated rings. The van der Waals surface area contributed by atoms with E-state index in [-0.39, 0.29) is 23.2 Å². The van der Waals surface area contributed by atoms with Gasteiger partial charge in [-0.15, -0.1) is 0 Å². The molecule has 0 atom stereocenters. The van der Waals surface area contributed by atoms with Gasteiger partial charge in [0.2, 0.25) is 0 Å². The second kappa shape index (κ2) is 4.96. The van der Waals surface area contributed by atoms with Crippen molar-refractivity contribution >= 4 is 17.4 Å². The van der Waals surface area contributed by atoms with Crippen molar-refractivity contribution in [2.75, 3.05) is 6.61 Å². The van der Waals surface area contributed by atoms with Gasteiger partial charge in [-0.05, 0) is 12.1 Å². The first kappa shape index (κ1) is 11.0. The van der Waals surface area contributed by atoms with Crippen molar-refractivity contribution in [3.05, 3.63) is 29.0 Å². The normalized spacial score (nSPS) is 9.93. The fourth-order valence-electron chi connectivity index (χ4n) is 0.875. The average Bonchev–Trinajstić information content (AvgIpc) is 2.16. The first-order chi connectivity index (χ1) is 6.65. The van der Waals surface area contributed by atoms with Crippen LogP contribution >= 0.6 is 11.6 Å². The zero-order valence-electron chi connectivity index (χ0n) is 7.72. The van der Waals surface area contributed by atoms with Crippen molar-refractivity contribution in [3.8, 4) is 5.75 Å². The van der Waals surface area contributed by atoms with Crippen molar-refractivity contribution in [1.29, 1.82) is 0 Å². The Morgan fingerprint density at radius 2 is 2.29 bits per heavy atom. The summed E-state index contributed by atoms with van der Waals surface area (Å²) in [5.74, 6) is -0.707. The van der Waals surface area contributed by atoms with Gasteiger partial charge in [0, 0.05) is 6.42 Å². The molecular weight excluding hydrogens is 207 g/mol. The molecule has 2 nitrogen and oxygen atoms in total. The molecule has 0 spiro atoms. The lowest BCUT2D eigenvalue weighted by atomic mass is 10.3. The van der Waals surface area contributed by atoms with Crippen LogP contribution < -0.4 is 4.74 Å². The molecule has 1 rings (SSSR count).